The van der Waals surface area contributed by atoms with Crippen LogP contribution in [0.15, 0.2) is 24.3 Å². The van der Waals surface area contributed by atoms with Crippen molar-refractivity contribution in [2.24, 2.45) is 11.3 Å². The van der Waals surface area contributed by atoms with Gasteiger partial charge in [0.2, 0.25) is 5.91 Å². The highest BCUT2D eigenvalue weighted by atomic mass is 35.5. The third-order valence-corrected chi connectivity index (χ3v) is 5.59. The maximum absolute atomic E-state index is 12.4. The Morgan fingerprint density at radius 1 is 1.35 bits per heavy atom. The van der Waals surface area contributed by atoms with Gasteiger partial charge >= 0.3 is 0 Å². The van der Waals surface area contributed by atoms with E-state index in [0.717, 1.165) is 32.4 Å². The summed E-state index contributed by atoms with van der Waals surface area (Å²) in [6.45, 7) is 1.99. The minimum Gasteiger partial charge on any atom is -0.326 e. The maximum atomic E-state index is 12.4. The maximum Gasteiger partial charge on any atom is 0.228 e. The number of hydrogen-bond donors (Lipinski definition) is 2. The second-order valence-electron chi connectivity index (χ2n) is 6.63. The van der Waals surface area contributed by atoms with E-state index >= 15 is 0 Å². The predicted molar refractivity (Wildman–Crippen MR) is 93.5 cm³/mol. The summed E-state index contributed by atoms with van der Waals surface area (Å²) in [5, 5.41) is 6.28. The molecule has 1 saturated carbocycles. The summed E-state index contributed by atoms with van der Waals surface area (Å²) in [5.74, 6) is 0.169. The molecule has 0 radical (unpaired) electrons. The van der Waals surface area contributed by atoms with E-state index in [9.17, 15) is 13.2 Å². The van der Waals surface area contributed by atoms with E-state index in [1.165, 1.54) is 6.26 Å². The number of amides is 1. The summed E-state index contributed by atoms with van der Waals surface area (Å²) in [6, 6.07) is 7.10. The lowest BCUT2D eigenvalue weighted by Crippen LogP contribution is -2.31. The zero-order chi connectivity index (χ0) is 15.8. The second kappa shape index (κ2) is 6.79. The molecule has 1 aromatic carbocycles. The molecule has 2 fully saturated rings. The Labute approximate surface area is 143 Å². The number of carbonyl (C=O) groups excluding carboxylic acids is 1. The lowest BCUT2D eigenvalue weighted by Gasteiger charge is -2.23. The molecule has 2 N–H and O–H groups in total. The van der Waals surface area contributed by atoms with Crippen LogP contribution in [0.1, 0.15) is 24.8 Å². The van der Waals surface area contributed by atoms with Crippen molar-refractivity contribution in [1.82, 2.24) is 5.32 Å². The van der Waals surface area contributed by atoms with E-state index in [2.05, 4.69) is 10.6 Å². The molecule has 2 aliphatic rings. The van der Waals surface area contributed by atoms with Crippen LogP contribution in [-0.4, -0.2) is 33.7 Å². The highest BCUT2D eigenvalue weighted by Crippen LogP contribution is 2.58. The number of hydrogen-bond acceptors (Lipinski definition) is 4. The highest BCUT2D eigenvalue weighted by Gasteiger charge is 2.57. The van der Waals surface area contributed by atoms with E-state index in [4.69, 9.17) is 0 Å². The molecule has 1 amide bonds. The van der Waals surface area contributed by atoms with Crippen LogP contribution in [0.2, 0.25) is 0 Å². The largest absolute Gasteiger partial charge is 0.326 e. The number of anilines is 1. The zero-order valence-corrected chi connectivity index (χ0v) is 14.8. The predicted octanol–water partition coefficient (Wildman–Crippen LogP) is 1.98. The van der Waals surface area contributed by atoms with Gasteiger partial charge in [0.25, 0.3) is 0 Å². The van der Waals surface area contributed by atoms with Gasteiger partial charge in [0.05, 0.1) is 5.75 Å². The fourth-order valence-electron chi connectivity index (χ4n) is 3.47. The quantitative estimate of drug-likeness (QED) is 0.863. The Hall–Kier alpha value is -1.11. The van der Waals surface area contributed by atoms with Gasteiger partial charge in [0.1, 0.15) is 0 Å². The van der Waals surface area contributed by atoms with Crippen molar-refractivity contribution in [3.05, 3.63) is 29.8 Å². The minimum absolute atomic E-state index is 0. The highest BCUT2D eigenvalue weighted by molar-refractivity contribution is 7.89. The van der Waals surface area contributed by atoms with Crippen LogP contribution in [0.4, 0.5) is 5.69 Å². The van der Waals surface area contributed by atoms with Gasteiger partial charge in [0, 0.05) is 17.9 Å². The summed E-state index contributed by atoms with van der Waals surface area (Å²) >= 11 is 0. The molecule has 1 atom stereocenters. The Balaban J connectivity index is 0.00000192. The average molecular weight is 359 g/mol. The fourth-order valence-corrected chi connectivity index (χ4v) is 4.25. The first kappa shape index (κ1) is 18.2. The topological polar surface area (TPSA) is 75.3 Å². The van der Waals surface area contributed by atoms with Crippen molar-refractivity contribution in [3.63, 3.8) is 0 Å². The number of piperidine rings is 1. The number of nitrogens with one attached hydrogen (secondary N) is 2. The fraction of sp³-hybridized carbons (Fsp3) is 0.562. The third-order valence-electron chi connectivity index (χ3n) is 4.73. The van der Waals surface area contributed by atoms with E-state index in [-0.39, 0.29) is 35.4 Å². The Morgan fingerprint density at radius 2 is 2.04 bits per heavy atom. The molecule has 1 saturated heterocycles. The molecule has 0 aromatic heterocycles. The average Bonchev–Trinajstić information content (AvgIpc) is 3.11. The molecule has 1 heterocycles. The SMILES string of the molecule is CS(=O)(=O)Cc1cccc(NC(=O)C2CC23CCNCC3)c1.Cl. The number of sulfone groups is 1. The summed E-state index contributed by atoms with van der Waals surface area (Å²) in [7, 11) is -3.07. The number of benzene rings is 1. The van der Waals surface area contributed by atoms with Crippen molar-refractivity contribution in [3.8, 4) is 0 Å². The van der Waals surface area contributed by atoms with E-state index in [0.29, 0.717) is 11.3 Å². The van der Waals surface area contributed by atoms with Crippen LogP contribution >= 0.6 is 12.4 Å². The van der Waals surface area contributed by atoms with Crippen LogP contribution in [0.3, 0.4) is 0 Å². The van der Waals surface area contributed by atoms with Gasteiger partial charge in [-0.3, -0.25) is 4.79 Å². The smallest absolute Gasteiger partial charge is 0.228 e. The van der Waals surface area contributed by atoms with Crippen molar-refractivity contribution < 1.29 is 13.2 Å². The Morgan fingerprint density at radius 3 is 2.70 bits per heavy atom. The van der Waals surface area contributed by atoms with Crippen LogP contribution in [-0.2, 0) is 20.4 Å². The van der Waals surface area contributed by atoms with Gasteiger partial charge in [-0.05, 0) is 55.5 Å². The van der Waals surface area contributed by atoms with Crippen molar-refractivity contribution in [2.45, 2.75) is 25.0 Å². The summed E-state index contributed by atoms with van der Waals surface area (Å²) in [4.78, 5) is 12.4. The van der Waals surface area contributed by atoms with Crippen LogP contribution in [0.5, 0.6) is 0 Å². The summed E-state index contributed by atoms with van der Waals surface area (Å²) < 4.78 is 22.7. The van der Waals surface area contributed by atoms with Gasteiger partial charge in [-0.25, -0.2) is 8.42 Å². The monoisotopic (exact) mass is 358 g/mol. The molecule has 1 aromatic rings. The van der Waals surface area contributed by atoms with Gasteiger partial charge in [0.15, 0.2) is 9.84 Å². The van der Waals surface area contributed by atoms with Crippen LogP contribution < -0.4 is 10.6 Å². The number of rotatable bonds is 4. The van der Waals surface area contributed by atoms with E-state index in [1.54, 1.807) is 24.3 Å². The lowest BCUT2D eigenvalue weighted by atomic mass is 9.92. The molecule has 3 rings (SSSR count). The van der Waals surface area contributed by atoms with Crippen LogP contribution in [0.25, 0.3) is 0 Å². The molecule has 5 nitrogen and oxygen atoms in total. The van der Waals surface area contributed by atoms with E-state index < -0.39 is 9.84 Å². The molecule has 1 aliphatic carbocycles. The molecule has 1 aliphatic heterocycles. The lowest BCUT2D eigenvalue weighted by molar-refractivity contribution is -0.118. The molecule has 23 heavy (non-hydrogen) atoms. The molecule has 1 unspecified atom stereocenters. The second-order valence-corrected chi connectivity index (χ2v) is 8.77. The normalized spacial score (nSPS) is 22.2. The van der Waals surface area contributed by atoms with Gasteiger partial charge in [-0.2, -0.15) is 0 Å². The first-order valence-electron chi connectivity index (χ1n) is 7.66. The summed E-state index contributed by atoms with van der Waals surface area (Å²) in [6.07, 6.45) is 4.32. The van der Waals surface area contributed by atoms with E-state index in [1.807, 2.05) is 0 Å². The zero-order valence-electron chi connectivity index (χ0n) is 13.2. The van der Waals surface area contributed by atoms with Gasteiger partial charge in [-0.15, -0.1) is 12.4 Å². The third kappa shape index (κ3) is 4.46. The Bertz CT molecular complexity index is 684. The first-order chi connectivity index (χ1) is 10.4. The molecular formula is C16H23ClN2O3S. The molecule has 128 valence electrons. The number of carbonyl (C=O) groups is 1. The Kier molecular flexibility index (Phi) is 5.38. The summed E-state index contributed by atoms with van der Waals surface area (Å²) in [5.41, 5.74) is 1.59. The molecule has 0 bridgehead atoms. The number of halogens is 1. The van der Waals surface area contributed by atoms with Crippen molar-refractivity contribution in [2.75, 3.05) is 24.7 Å². The van der Waals surface area contributed by atoms with Crippen LogP contribution in [0, 0.1) is 11.3 Å². The molecule has 7 heteroatoms. The molecule has 1 spiro atoms. The molecular weight excluding hydrogens is 336 g/mol. The van der Waals surface area contributed by atoms with Gasteiger partial charge in [-0.1, -0.05) is 12.1 Å². The van der Waals surface area contributed by atoms with Crippen molar-refractivity contribution in [1.29, 1.82) is 0 Å². The van der Waals surface area contributed by atoms with Crippen molar-refractivity contribution >= 4 is 33.8 Å². The standard InChI is InChI=1S/C16H22N2O3S.ClH/c1-22(20,21)11-12-3-2-4-13(9-12)18-15(19)14-10-16(14)5-7-17-8-6-16;/h2-4,9,14,17H,5-8,10-11H2,1H3,(H,18,19);1H. The minimum atomic E-state index is -3.07. The van der Waals surface area contributed by atoms with Gasteiger partial charge < -0.3 is 10.6 Å². The first-order valence-corrected chi connectivity index (χ1v) is 9.72.